The molecule has 5 heteroatoms. The zero-order valence-corrected chi connectivity index (χ0v) is 10.0. The summed E-state index contributed by atoms with van der Waals surface area (Å²) in [6.07, 6.45) is -0.0202. The van der Waals surface area contributed by atoms with Crippen LogP contribution in [0.1, 0.15) is 17.3 Å². The Balaban J connectivity index is 2.63. The Morgan fingerprint density at radius 1 is 1.62 bits per heavy atom. The van der Waals surface area contributed by atoms with Gasteiger partial charge in [0, 0.05) is 19.2 Å². The molecule has 0 aliphatic heterocycles. The second-order valence-corrected chi connectivity index (χ2v) is 3.90. The topological polar surface area (TPSA) is 64.3 Å². The molecule has 1 aromatic rings. The highest BCUT2D eigenvalue weighted by Gasteiger charge is 2.08. The lowest BCUT2D eigenvalue weighted by molar-refractivity contribution is 0.0870. The van der Waals surface area contributed by atoms with E-state index < -0.39 is 0 Å². The molecular weight excluding hydrogens is 228 g/mol. The van der Waals surface area contributed by atoms with Crippen molar-refractivity contribution in [3.63, 3.8) is 0 Å². The third kappa shape index (κ3) is 3.40. The Bertz CT molecular complexity index is 382. The summed E-state index contributed by atoms with van der Waals surface area (Å²) in [5, 5.41) is 3.11. The zero-order chi connectivity index (χ0) is 12.1. The van der Waals surface area contributed by atoms with Crippen LogP contribution >= 0.6 is 11.6 Å². The van der Waals surface area contributed by atoms with Gasteiger partial charge in [-0.15, -0.1) is 0 Å². The van der Waals surface area contributed by atoms with Crippen molar-refractivity contribution in [2.45, 2.75) is 13.0 Å². The number of hydrogen-bond donors (Lipinski definition) is 2. The van der Waals surface area contributed by atoms with Crippen molar-refractivity contribution >= 4 is 23.2 Å². The van der Waals surface area contributed by atoms with Crippen LogP contribution in [-0.4, -0.2) is 25.7 Å². The minimum atomic E-state index is -0.189. The van der Waals surface area contributed by atoms with E-state index in [2.05, 4.69) is 5.32 Å². The quantitative estimate of drug-likeness (QED) is 0.790. The van der Waals surface area contributed by atoms with E-state index in [-0.39, 0.29) is 12.0 Å². The van der Waals surface area contributed by atoms with Gasteiger partial charge in [-0.25, -0.2) is 0 Å². The number of nitrogens with one attached hydrogen (secondary N) is 1. The SMILES string of the molecule is COC(C)CNC(=O)c1ccc(N)c(Cl)c1. The molecule has 1 unspecified atom stereocenters. The molecule has 1 atom stereocenters. The molecular formula is C11H15ClN2O2. The van der Waals surface area contributed by atoms with Crippen LogP contribution in [0.3, 0.4) is 0 Å². The van der Waals surface area contributed by atoms with Gasteiger partial charge in [-0.2, -0.15) is 0 Å². The lowest BCUT2D eigenvalue weighted by Gasteiger charge is -2.11. The van der Waals surface area contributed by atoms with E-state index >= 15 is 0 Å². The maximum absolute atomic E-state index is 11.7. The number of carbonyl (C=O) groups is 1. The van der Waals surface area contributed by atoms with Crippen LogP contribution in [0.15, 0.2) is 18.2 Å². The Morgan fingerprint density at radius 2 is 2.31 bits per heavy atom. The van der Waals surface area contributed by atoms with Crippen LogP contribution in [0.5, 0.6) is 0 Å². The molecule has 0 spiro atoms. The maximum atomic E-state index is 11.7. The van der Waals surface area contributed by atoms with Gasteiger partial charge in [-0.05, 0) is 25.1 Å². The number of amides is 1. The molecule has 1 aromatic carbocycles. The van der Waals surface area contributed by atoms with Crippen LogP contribution in [-0.2, 0) is 4.74 Å². The number of rotatable bonds is 4. The molecule has 0 heterocycles. The van der Waals surface area contributed by atoms with E-state index in [0.29, 0.717) is 22.8 Å². The highest BCUT2D eigenvalue weighted by Crippen LogP contribution is 2.19. The van der Waals surface area contributed by atoms with Gasteiger partial charge in [0.2, 0.25) is 0 Å². The van der Waals surface area contributed by atoms with Crippen LogP contribution in [0.4, 0.5) is 5.69 Å². The zero-order valence-electron chi connectivity index (χ0n) is 9.29. The predicted molar refractivity (Wildman–Crippen MR) is 64.7 cm³/mol. The molecule has 0 aromatic heterocycles. The summed E-state index contributed by atoms with van der Waals surface area (Å²) in [4.78, 5) is 11.7. The van der Waals surface area contributed by atoms with Gasteiger partial charge < -0.3 is 15.8 Å². The Kier molecular flexibility index (Phi) is 4.58. The second-order valence-electron chi connectivity index (χ2n) is 3.49. The van der Waals surface area contributed by atoms with Crippen molar-refractivity contribution in [1.82, 2.24) is 5.32 Å². The van der Waals surface area contributed by atoms with E-state index in [1.54, 1.807) is 25.3 Å². The van der Waals surface area contributed by atoms with Gasteiger partial charge in [0.25, 0.3) is 5.91 Å². The summed E-state index contributed by atoms with van der Waals surface area (Å²) >= 11 is 5.82. The van der Waals surface area contributed by atoms with Gasteiger partial charge in [0.05, 0.1) is 16.8 Å². The van der Waals surface area contributed by atoms with E-state index in [9.17, 15) is 4.79 Å². The molecule has 88 valence electrons. The number of anilines is 1. The number of nitrogens with two attached hydrogens (primary N) is 1. The van der Waals surface area contributed by atoms with E-state index in [1.165, 1.54) is 0 Å². The molecule has 0 saturated heterocycles. The fraction of sp³-hybridized carbons (Fsp3) is 0.364. The average Bonchev–Trinajstić information content (AvgIpc) is 2.29. The van der Waals surface area contributed by atoms with Crippen molar-refractivity contribution in [1.29, 1.82) is 0 Å². The number of carbonyl (C=O) groups excluding carboxylic acids is 1. The average molecular weight is 243 g/mol. The largest absolute Gasteiger partial charge is 0.398 e. The van der Waals surface area contributed by atoms with E-state index in [0.717, 1.165) is 0 Å². The minimum Gasteiger partial charge on any atom is -0.398 e. The van der Waals surface area contributed by atoms with Crippen LogP contribution in [0, 0.1) is 0 Å². The van der Waals surface area contributed by atoms with Crippen molar-refractivity contribution in [3.8, 4) is 0 Å². The van der Waals surface area contributed by atoms with Gasteiger partial charge >= 0.3 is 0 Å². The molecule has 0 aliphatic rings. The standard InChI is InChI=1S/C11H15ClN2O2/c1-7(16-2)6-14-11(15)8-3-4-10(13)9(12)5-8/h3-5,7H,6,13H2,1-2H3,(H,14,15). The number of benzene rings is 1. The minimum absolute atomic E-state index is 0.0202. The number of ether oxygens (including phenoxy) is 1. The van der Waals surface area contributed by atoms with Crippen molar-refractivity contribution in [2.24, 2.45) is 0 Å². The highest BCUT2D eigenvalue weighted by molar-refractivity contribution is 6.33. The summed E-state index contributed by atoms with van der Waals surface area (Å²) in [7, 11) is 1.59. The monoisotopic (exact) mass is 242 g/mol. The number of methoxy groups -OCH3 is 1. The first-order chi connectivity index (χ1) is 7.54. The first-order valence-corrected chi connectivity index (χ1v) is 5.28. The fourth-order valence-electron chi connectivity index (χ4n) is 1.09. The van der Waals surface area contributed by atoms with Gasteiger partial charge in [0.15, 0.2) is 0 Å². The highest BCUT2D eigenvalue weighted by atomic mass is 35.5. The van der Waals surface area contributed by atoms with Crippen molar-refractivity contribution in [2.75, 3.05) is 19.4 Å². The lowest BCUT2D eigenvalue weighted by atomic mass is 10.2. The summed E-state index contributed by atoms with van der Waals surface area (Å²) in [6, 6.07) is 4.79. The normalized spacial score (nSPS) is 12.2. The third-order valence-electron chi connectivity index (χ3n) is 2.22. The first kappa shape index (κ1) is 12.8. The molecule has 3 N–H and O–H groups in total. The Hall–Kier alpha value is -1.26. The van der Waals surface area contributed by atoms with Gasteiger partial charge in [-0.1, -0.05) is 11.6 Å². The first-order valence-electron chi connectivity index (χ1n) is 4.90. The predicted octanol–water partition coefficient (Wildman–Crippen LogP) is 1.69. The molecule has 0 radical (unpaired) electrons. The molecule has 0 saturated carbocycles. The number of halogens is 1. The Morgan fingerprint density at radius 3 is 2.88 bits per heavy atom. The lowest BCUT2D eigenvalue weighted by Crippen LogP contribution is -2.31. The summed E-state index contributed by atoms with van der Waals surface area (Å²) in [6.45, 7) is 2.33. The van der Waals surface area contributed by atoms with E-state index in [4.69, 9.17) is 22.1 Å². The summed E-state index contributed by atoms with van der Waals surface area (Å²) in [5.41, 5.74) is 6.50. The molecule has 0 fully saturated rings. The third-order valence-corrected chi connectivity index (χ3v) is 2.54. The molecule has 4 nitrogen and oxygen atoms in total. The van der Waals surface area contributed by atoms with Crippen LogP contribution < -0.4 is 11.1 Å². The smallest absolute Gasteiger partial charge is 0.251 e. The molecule has 1 rings (SSSR count). The van der Waals surface area contributed by atoms with Gasteiger partial charge in [-0.3, -0.25) is 4.79 Å². The Labute approximate surface area is 99.7 Å². The summed E-state index contributed by atoms with van der Waals surface area (Å²) < 4.78 is 5.02. The summed E-state index contributed by atoms with van der Waals surface area (Å²) in [5.74, 6) is -0.189. The molecule has 1 amide bonds. The van der Waals surface area contributed by atoms with E-state index in [1.807, 2.05) is 6.92 Å². The van der Waals surface area contributed by atoms with Crippen LogP contribution in [0.25, 0.3) is 0 Å². The molecule has 0 bridgehead atoms. The van der Waals surface area contributed by atoms with Crippen LogP contribution in [0.2, 0.25) is 5.02 Å². The van der Waals surface area contributed by atoms with Crippen molar-refractivity contribution < 1.29 is 9.53 Å². The van der Waals surface area contributed by atoms with Gasteiger partial charge in [0.1, 0.15) is 0 Å². The fourth-order valence-corrected chi connectivity index (χ4v) is 1.27. The maximum Gasteiger partial charge on any atom is 0.251 e. The molecule has 0 aliphatic carbocycles. The van der Waals surface area contributed by atoms with Crippen molar-refractivity contribution in [3.05, 3.63) is 28.8 Å². The number of nitrogen functional groups attached to an aromatic ring is 1. The number of hydrogen-bond acceptors (Lipinski definition) is 3. The molecule has 16 heavy (non-hydrogen) atoms. The second kappa shape index (κ2) is 5.72.